The van der Waals surface area contributed by atoms with Crippen LogP contribution in [0.1, 0.15) is 12.1 Å². The number of aryl methyl sites for hydroxylation is 1. The summed E-state index contributed by atoms with van der Waals surface area (Å²) in [5, 5.41) is 8.02. The molecule has 9 heteroatoms. The first-order chi connectivity index (χ1) is 12.0. The number of nitrogens with one attached hydrogen (secondary N) is 2. The summed E-state index contributed by atoms with van der Waals surface area (Å²) in [5.74, 6) is 0.493. The number of thiazole rings is 1. The molecule has 25 heavy (non-hydrogen) atoms. The van der Waals surface area contributed by atoms with Gasteiger partial charge in [0.05, 0.1) is 11.4 Å². The third-order valence-corrected chi connectivity index (χ3v) is 4.49. The number of urea groups is 1. The number of anilines is 3. The normalized spacial score (nSPS) is 13.2. The van der Waals surface area contributed by atoms with Gasteiger partial charge in [0.2, 0.25) is 0 Å². The van der Waals surface area contributed by atoms with E-state index >= 15 is 0 Å². The van der Waals surface area contributed by atoms with Crippen LogP contribution in [0.3, 0.4) is 0 Å². The zero-order valence-corrected chi connectivity index (χ0v) is 14.6. The Kier molecular flexibility index (Phi) is 5.03. The van der Waals surface area contributed by atoms with Crippen LogP contribution in [-0.4, -0.2) is 37.1 Å². The van der Waals surface area contributed by atoms with E-state index < -0.39 is 0 Å². The minimum absolute atomic E-state index is 0.0292. The third kappa shape index (κ3) is 4.18. The number of hydrogen-bond donors (Lipinski definition) is 3. The molecule has 4 N–H and O–H groups in total. The summed E-state index contributed by atoms with van der Waals surface area (Å²) in [6.45, 7) is 0.553. The smallest absolute Gasteiger partial charge is 0.319 e. The Morgan fingerprint density at radius 1 is 1.48 bits per heavy atom. The number of rotatable bonds is 5. The number of fused-ring (bicyclic) bond motifs is 1. The number of amides is 3. The Bertz CT molecular complexity index is 792. The number of nitrogen functional groups attached to an aromatic ring is 1. The van der Waals surface area contributed by atoms with E-state index in [2.05, 4.69) is 15.6 Å². The molecule has 0 saturated heterocycles. The molecular weight excluding hydrogens is 342 g/mol. The van der Waals surface area contributed by atoms with Crippen LogP contribution in [0.5, 0.6) is 5.75 Å². The van der Waals surface area contributed by atoms with E-state index in [1.165, 1.54) is 16.2 Å². The predicted octanol–water partition coefficient (Wildman–Crippen LogP) is 1.83. The molecule has 1 aliphatic heterocycles. The molecule has 0 saturated carbocycles. The SMILES string of the molecule is CN1C(=O)COc2ccc(NC(=O)NCCCc3csc(N)n3)cc21. The van der Waals surface area contributed by atoms with Gasteiger partial charge in [0.1, 0.15) is 5.75 Å². The number of carbonyl (C=O) groups excluding carboxylic acids is 2. The van der Waals surface area contributed by atoms with Crippen molar-refractivity contribution in [2.75, 3.05) is 36.1 Å². The molecule has 0 fully saturated rings. The fraction of sp³-hybridized carbons (Fsp3) is 0.312. The van der Waals surface area contributed by atoms with E-state index in [0.29, 0.717) is 28.8 Å². The third-order valence-electron chi connectivity index (χ3n) is 3.77. The molecule has 1 aromatic carbocycles. The van der Waals surface area contributed by atoms with Gasteiger partial charge in [-0.05, 0) is 31.0 Å². The number of ether oxygens (including phenoxy) is 1. The van der Waals surface area contributed by atoms with E-state index in [1.807, 2.05) is 5.38 Å². The van der Waals surface area contributed by atoms with Crippen LogP contribution in [0.25, 0.3) is 0 Å². The van der Waals surface area contributed by atoms with E-state index in [-0.39, 0.29) is 18.5 Å². The lowest BCUT2D eigenvalue weighted by molar-refractivity contribution is -0.120. The largest absolute Gasteiger partial charge is 0.482 e. The zero-order valence-electron chi connectivity index (χ0n) is 13.7. The number of nitrogens with two attached hydrogens (primary N) is 1. The Hall–Kier alpha value is -2.81. The van der Waals surface area contributed by atoms with Gasteiger partial charge in [-0.1, -0.05) is 0 Å². The van der Waals surface area contributed by atoms with Gasteiger partial charge in [-0.15, -0.1) is 11.3 Å². The summed E-state index contributed by atoms with van der Waals surface area (Å²) in [4.78, 5) is 29.3. The summed E-state index contributed by atoms with van der Waals surface area (Å²) >= 11 is 1.41. The molecule has 3 amide bonds. The second kappa shape index (κ2) is 7.39. The highest BCUT2D eigenvalue weighted by atomic mass is 32.1. The van der Waals surface area contributed by atoms with Gasteiger partial charge >= 0.3 is 6.03 Å². The van der Waals surface area contributed by atoms with Gasteiger partial charge in [0.15, 0.2) is 11.7 Å². The maximum absolute atomic E-state index is 12.0. The first-order valence-corrected chi connectivity index (χ1v) is 8.69. The van der Waals surface area contributed by atoms with Crippen LogP contribution in [0.2, 0.25) is 0 Å². The van der Waals surface area contributed by atoms with Crippen molar-refractivity contribution in [1.82, 2.24) is 10.3 Å². The van der Waals surface area contributed by atoms with E-state index in [4.69, 9.17) is 10.5 Å². The van der Waals surface area contributed by atoms with Gasteiger partial charge in [-0.25, -0.2) is 9.78 Å². The van der Waals surface area contributed by atoms with Gasteiger partial charge in [0, 0.05) is 24.7 Å². The number of benzene rings is 1. The van der Waals surface area contributed by atoms with Crippen molar-refractivity contribution in [3.63, 3.8) is 0 Å². The lowest BCUT2D eigenvalue weighted by atomic mass is 10.2. The minimum Gasteiger partial charge on any atom is -0.482 e. The number of nitrogens with zero attached hydrogens (tertiary/aromatic N) is 2. The molecule has 0 unspecified atom stereocenters. The topological polar surface area (TPSA) is 110 Å². The maximum atomic E-state index is 12.0. The van der Waals surface area contributed by atoms with Crippen LogP contribution in [-0.2, 0) is 11.2 Å². The molecule has 2 aromatic rings. The quantitative estimate of drug-likeness (QED) is 0.704. The van der Waals surface area contributed by atoms with Crippen molar-refractivity contribution in [3.05, 3.63) is 29.3 Å². The molecular formula is C16H19N5O3S. The van der Waals surface area contributed by atoms with Crippen molar-refractivity contribution in [2.24, 2.45) is 0 Å². The van der Waals surface area contributed by atoms with Crippen LogP contribution in [0, 0.1) is 0 Å². The summed E-state index contributed by atoms with van der Waals surface area (Å²) in [6, 6.07) is 4.88. The number of likely N-dealkylation sites (N-methyl/N-ethyl adjacent to an activating group) is 1. The van der Waals surface area contributed by atoms with Crippen molar-refractivity contribution in [3.8, 4) is 5.75 Å². The van der Waals surface area contributed by atoms with Crippen LogP contribution in [0.15, 0.2) is 23.6 Å². The van der Waals surface area contributed by atoms with Gasteiger partial charge in [-0.2, -0.15) is 0 Å². The molecule has 3 rings (SSSR count). The summed E-state index contributed by atoms with van der Waals surface area (Å²) < 4.78 is 5.36. The van der Waals surface area contributed by atoms with E-state index in [9.17, 15) is 9.59 Å². The van der Waals surface area contributed by atoms with Crippen LogP contribution < -0.4 is 26.0 Å². The fourth-order valence-electron chi connectivity index (χ4n) is 2.43. The molecule has 0 radical (unpaired) electrons. The molecule has 1 aromatic heterocycles. The molecule has 2 heterocycles. The summed E-state index contributed by atoms with van der Waals surface area (Å²) in [7, 11) is 1.68. The number of aromatic nitrogens is 1. The second-order valence-corrected chi connectivity index (χ2v) is 6.48. The minimum atomic E-state index is -0.302. The molecule has 0 spiro atoms. The Balaban J connectivity index is 1.49. The van der Waals surface area contributed by atoms with Gasteiger partial charge in [-0.3, -0.25) is 4.79 Å². The highest BCUT2D eigenvalue weighted by molar-refractivity contribution is 7.13. The summed E-state index contributed by atoms with van der Waals surface area (Å²) in [6.07, 6.45) is 1.53. The first-order valence-electron chi connectivity index (χ1n) is 7.81. The highest BCUT2D eigenvalue weighted by Crippen LogP contribution is 2.33. The Morgan fingerprint density at radius 3 is 3.08 bits per heavy atom. The molecule has 8 nitrogen and oxygen atoms in total. The summed E-state index contributed by atoms with van der Waals surface area (Å²) in [5.41, 5.74) is 7.74. The predicted molar refractivity (Wildman–Crippen MR) is 97.2 cm³/mol. The van der Waals surface area contributed by atoms with Crippen molar-refractivity contribution >= 4 is 39.8 Å². The molecule has 0 aliphatic carbocycles. The van der Waals surface area contributed by atoms with E-state index in [1.54, 1.807) is 25.2 Å². The van der Waals surface area contributed by atoms with Gasteiger partial charge < -0.3 is 26.0 Å². The van der Waals surface area contributed by atoms with Crippen molar-refractivity contribution < 1.29 is 14.3 Å². The van der Waals surface area contributed by atoms with Crippen LogP contribution >= 0.6 is 11.3 Å². The average Bonchev–Trinajstić information content (AvgIpc) is 3.01. The number of carbonyl (C=O) groups is 2. The second-order valence-electron chi connectivity index (χ2n) is 5.59. The van der Waals surface area contributed by atoms with Crippen molar-refractivity contribution in [1.29, 1.82) is 0 Å². The van der Waals surface area contributed by atoms with Gasteiger partial charge in [0.25, 0.3) is 5.91 Å². The monoisotopic (exact) mass is 361 g/mol. The van der Waals surface area contributed by atoms with Crippen LogP contribution in [0.4, 0.5) is 21.3 Å². The molecule has 1 aliphatic rings. The fourth-order valence-corrected chi connectivity index (χ4v) is 3.03. The standard InChI is InChI=1S/C16H19N5O3S/c1-21-12-7-10(4-5-13(12)24-8-14(21)22)20-16(23)18-6-2-3-11-9-25-15(17)19-11/h4-5,7,9H,2-3,6,8H2,1H3,(H2,17,19)(H2,18,20,23). The lowest BCUT2D eigenvalue weighted by Gasteiger charge is -2.26. The average molecular weight is 361 g/mol. The Labute approximate surface area is 149 Å². The van der Waals surface area contributed by atoms with E-state index in [0.717, 1.165) is 18.5 Å². The number of hydrogen-bond acceptors (Lipinski definition) is 6. The molecule has 0 atom stereocenters. The zero-order chi connectivity index (χ0) is 17.8. The molecule has 132 valence electrons. The highest BCUT2D eigenvalue weighted by Gasteiger charge is 2.22. The maximum Gasteiger partial charge on any atom is 0.319 e. The lowest BCUT2D eigenvalue weighted by Crippen LogP contribution is -2.35. The molecule has 0 bridgehead atoms. The Morgan fingerprint density at radius 2 is 2.32 bits per heavy atom. The first kappa shape index (κ1) is 17.0. The van der Waals surface area contributed by atoms with Crippen molar-refractivity contribution in [2.45, 2.75) is 12.8 Å².